The summed E-state index contributed by atoms with van der Waals surface area (Å²) in [6.07, 6.45) is 2.32. The van der Waals surface area contributed by atoms with Gasteiger partial charge in [-0.25, -0.2) is 0 Å². The van der Waals surface area contributed by atoms with Gasteiger partial charge in [-0.05, 0) is 12.1 Å². The number of aromatic nitrogens is 2. The van der Waals surface area contributed by atoms with Crippen LogP contribution in [0.3, 0.4) is 0 Å². The fourth-order valence-electron chi connectivity index (χ4n) is 1.26. The van der Waals surface area contributed by atoms with Crippen LogP contribution >= 0.6 is 11.6 Å². The number of halogens is 1. The molecule has 1 aromatic heterocycles. The van der Waals surface area contributed by atoms with E-state index in [0.29, 0.717) is 4.09 Å². The van der Waals surface area contributed by atoms with Crippen molar-refractivity contribution in [2.24, 2.45) is 0 Å². The van der Waals surface area contributed by atoms with Crippen molar-refractivity contribution in [2.75, 3.05) is 0 Å². The molecule has 0 atom stereocenters. The number of nitro groups is 1. The minimum atomic E-state index is -3.86. The first-order chi connectivity index (χ1) is 8.41. The Morgan fingerprint density at radius 3 is 2.33 bits per heavy atom. The molecule has 0 unspecified atom stereocenters. The van der Waals surface area contributed by atoms with Crippen molar-refractivity contribution in [3.8, 4) is 0 Å². The molecule has 0 N–H and O–H groups in total. The van der Waals surface area contributed by atoms with Crippen molar-refractivity contribution in [3.63, 3.8) is 0 Å². The monoisotopic (exact) mass is 287 g/mol. The zero-order chi connectivity index (χ0) is 13.3. The molecule has 0 amide bonds. The molecule has 0 radical (unpaired) electrons. The molecule has 0 saturated heterocycles. The number of nitro benzene ring substituents is 1. The van der Waals surface area contributed by atoms with E-state index in [0.717, 1.165) is 30.5 Å². The number of benzene rings is 1. The smallest absolute Gasteiger partial charge is 0.258 e. The first-order valence-corrected chi connectivity index (χ1v) is 6.43. The van der Waals surface area contributed by atoms with E-state index in [4.69, 9.17) is 11.6 Å². The van der Waals surface area contributed by atoms with Crippen LogP contribution in [-0.4, -0.2) is 22.5 Å². The van der Waals surface area contributed by atoms with E-state index in [-0.39, 0.29) is 15.6 Å². The van der Waals surface area contributed by atoms with Gasteiger partial charge in [0.15, 0.2) is 0 Å². The minimum absolute atomic E-state index is 0.104. The third-order valence-electron chi connectivity index (χ3n) is 2.12. The molecule has 1 aromatic carbocycles. The Morgan fingerprint density at radius 2 is 1.89 bits per heavy atom. The maximum atomic E-state index is 12.0. The first kappa shape index (κ1) is 12.5. The number of hydrogen-bond donors (Lipinski definition) is 0. The van der Waals surface area contributed by atoms with Gasteiger partial charge in [-0.1, -0.05) is 11.6 Å². The van der Waals surface area contributed by atoms with E-state index in [2.05, 4.69) is 5.10 Å². The molecular weight excluding hydrogens is 282 g/mol. The van der Waals surface area contributed by atoms with E-state index in [1.807, 2.05) is 0 Å². The van der Waals surface area contributed by atoms with Crippen LogP contribution in [0.15, 0.2) is 41.6 Å². The Kier molecular flexibility index (Phi) is 3.05. The highest BCUT2D eigenvalue weighted by molar-refractivity contribution is 7.89. The second-order valence-electron chi connectivity index (χ2n) is 3.29. The summed E-state index contributed by atoms with van der Waals surface area (Å²) in [5.41, 5.74) is -0.188. The zero-order valence-electron chi connectivity index (χ0n) is 8.72. The number of non-ortho nitro benzene ring substituents is 1. The van der Waals surface area contributed by atoms with Crippen LogP contribution in [0.25, 0.3) is 0 Å². The van der Waals surface area contributed by atoms with Crippen LogP contribution in [-0.2, 0) is 10.0 Å². The predicted molar refractivity (Wildman–Crippen MR) is 62.9 cm³/mol. The van der Waals surface area contributed by atoms with Gasteiger partial charge < -0.3 is 0 Å². The molecule has 9 heteroatoms. The van der Waals surface area contributed by atoms with Crippen molar-refractivity contribution < 1.29 is 13.3 Å². The molecule has 1 heterocycles. The van der Waals surface area contributed by atoms with Gasteiger partial charge in [-0.3, -0.25) is 10.1 Å². The summed E-state index contributed by atoms with van der Waals surface area (Å²) >= 11 is 5.58. The predicted octanol–water partition coefficient (Wildman–Crippen LogP) is 1.68. The first-order valence-electron chi connectivity index (χ1n) is 4.61. The van der Waals surface area contributed by atoms with Gasteiger partial charge in [0, 0.05) is 12.1 Å². The molecule has 0 spiro atoms. The van der Waals surface area contributed by atoms with E-state index in [9.17, 15) is 18.5 Å². The molecule has 0 bridgehead atoms. The van der Waals surface area contributed by atoms with Crippen LogP contribution in [0.4, 0.5) is 5.69 Å². The van der Waals surface area contributed by atoms with Gasteiger partial charge in [0.05, 0.1) is 27.2 Å². The molecule has 18 heavy (non-hydrogen) atoms. The van der Waals surface area contributed by atoms with Crippen molar-refractivity contribution in [2.45, 2.75) is 4.90 Å². The fourth-order valence-corrected chi connectivity index (χ4v) is 2.58. The Labute approximate surface area is 107 Å². The van der Waals surface area contributed by atoms with Gasteiger partial charge in [0.2, 0.25) is 0 Å². The summed E-state index contributed by atoms with van der Waals surface area (Å²) in [4.78, 5) is 9.74. The van der Waals surface area contributed by atoms with Crippen LogP contribution in [0.5, 0.6) is 0 Å². The molecule has 0 aliphatic heterocycles. The average molecular weight is 288 g/mol. The highest BCUT2D eigenvalue weighted by Crippen LogP contribution is 2.18. The quantitative estimate of drug-likeness (QED) is 0.632. The SMILES string of the molecule is O=[N+]([O-])c1ccc(S(=O)(=O)n2cc(Cl)cn2)cc1. The van der Waals surface area contributed by atoms with Crippen molar-refractivity contribution >= 4 is 27.3 Å². The summed E-state index contributed by atoms with van der Waals surface area (Å²) < 4.78 is 24.7. The van der Waals surface area contributed by atoms with E-state index < -0.39 is 14.9 Å². The lowest BCUT2D eigenvalue weighted by molar-refractivity contribution is -0.384. The van der Waals surface area contributed by atoms with Gasteiger partial charge in [0.25, 0.3) is 15.7 Å². The second kappa shape index (κ2) is 4.39. The molecule has 0 saturated carbocycles. The maximum absolute atomic E-state index is 12.0. The summed E-state index contributed by atoms with van der Waals surface area (Å²) in [6, 6.07) is 4.50. The Bertz CT molecular complexity index is 693. The van der Waals surface area contributed by atoms with E-state index >= 15 is 0 Å². The van der Waals surface area contributed by atoms with E-state index in [1.165, 1.54) is 6.20 Å². The third-order valence-corrected chi connectivity index (χ3v) is 3.88. The van der Waals surface area contributed by atoms with Crippen molar-refractivity contribution in [1.29, 1.82) is 0 Å². The highest BCUT2D eigenvalue weighted by atomic mass is 35.5. The van der Waals surface area contributed by atoms with Gasteiger partial charge in [-0.15, -0.1) is 0 Å². The van der Waals surface area contributed by atoms with Gasteiger partial charge in [0.1, 0.15) is 0 Å². The molecular formula is C9H6ClN3O4S. The lowest BCUT2D eigenvalue weighted by Gasteiger charge is -2.03. The standard InChI is InChI=1S/C9H6ClN3O4S/c10-7-5-11-12(6-7)18(16,17)9-3-1-8(2-4-9)13(14)15/h1-6H. The molecule has 2 aromatic rings. The van der Waals surface area contributed by atoms with E-state index in [1.54, 1.807) is 0 Å². The molecule has 2 rings (SSSR count). The maximum Gasteiger partial charge on any atom is 0.282 e. The summed E-state index contributed by atoms with van der Waals surface area (Å²) in [7, 11) is -3.86. The van der Waals surface area contributed by atoms with Crippen LogP contribution in [0, 0.1) is 10.1 Å². The largest absolute Gasteiger partial charge is 0.282 e. The molecule has 7 nitrogen and oxygen atoms in total. The Hall–Kier alpha value is -1.93. The van der Waals surface area contributed by atoms with Crippen LogP contribution < -0.4 is 0 Å². The molecule has 0 aliphatic rings. The summed E-state index contributed by atoms with van der Waals surface area (Å²) in [6.45, 7) is 0. The van der Waals surface area contributed by atoms with Crippen molar-refractivity contribution in [1.82, 2.24) is 9.19 Å². The normalized spacial score (nSPS) is 11.4. The van der Waals surface area contributed by atoms with Gasteiger partial charge >= 0.3 is 0 Å². The molecule has 0 fully saturated rings. The topological polar surface area (TPSA) is 95.1 Å². The lowest BCUT2D eigenvalue weighted by Crippen LogP contribution is -2.13. The number of nitrogens with zero attached hydrogens (tertiary/aromatic N) is 3. The summed E-state index contributed by atoms with van der Waals surface area (Å²) in [5, 5.41) is 14.2. The van der Waals surface area contributed by atoms with Crippen LogP contribution in [0.1, 0.15) is 0 Å². The highest BCUT2D eigenvalue weighted by Gasteiger charge is 2.19. The third kappa shape index (κ3) is 2.20. The fraction of sp³-hybridized carbons (Fsp3) is 0. The Balaban J connectivity index is 2.45. The minimum Gasteiger partial charge on any atom is -0.258 e. The van der Waals surface area contributed by atoms with Gasteiger partial charge in [-0.2, -0.15) is 17.6 Å². The second-order valence-corrected chi connectivity index (χ2v) is 5.52. The average Bonchev–Trinajstić information content (AvgIpc) is 2.76. The number of hydrogen-bond acceptors (Lipinski definition) is 5. The Morgan fingerprint density at radius 1 is 1.28 bits per heavy atom. The van der Waals surface area contributed by atoms with Crippen LogP contribution in [0.2, 0.25) is 5.02 Å². The van der Waals surface area contributed by atoms with Crippen molar-refractivity contribution in [3.05, 3.63) is 51.8 Å². The summed E-state index contributed by atoms with van der Waals surface area (Å²) in [5.74, 6) is 0. The molecule has 94 valence electrons. The molecule has 0 aliphatic carbocycles. The zero-order valence-corrected chi connectivity index (χ0v) is 10.3. The lowest BCUT2D eigenvalue weighted by atomic mass is 10.3. The number of rotatable bonds is 3.